The van der Waals surface area contributed by atoms with E-state index < -0.39 is 5.82 Å². The summed E-state index contributed by atoms with van der Waals surface area (Å²) in [7, 11) is 0. The van der Waals surface area contributed by atoms with Gasteiger partial charge in [-0.15, -0.1) is 0 Å². The van der Waals surface area contributed by atoms with E-state index in [1.165, 1.54) is 18.2 Å². The Labute approximate surface area is 163 Å². The number of hydrogen-bond donors (Lipinski definition) is 1. The highest BCUT2D eigenvalue weighted by Gasteiger charge is 2.19. The zero-order valence-corrected chi connectivity index (χ0v) is 16.3. The maximum atomic E-state index is 14.1. The van der Waals surface area contributed by atoms with Gasteiger partial charge < -0.3 is 10.2 Å². The largest absolute Gasteiger partial charge is 0.339 e. The molecule has 1 N–H and O–H groups in total. The monoisotopic (exact) mass is 385 g/mol. The summed E-state index contributed by atoms with van der Waals surface area (Å²) in [5.41, 5.74) is 1.74. The lowest BCUT2D eigenvalue weighted by Crippen LogP contribution is -2.30. The van der Waals surface area contributed by atoms with Gasteiger partial charge in [0.25, 0.3) is 5.91 Å². The number of amides is 1. The molecule has 0 bridgehead atoms. The quantitative estimate of drug-likeness (QED) is 0.625. The first kappa shape index (κ1) is 19.1. The Morgan fingerprint density at radius 2 is 1.96 bits per heavy atom. The molecule has 6 heteroatoms. The molecule has 0 atom stereocenters. The van der Waals surface area contributed by atoms with Crippen LogP contribution in [0.3, 0.4) is 0 Å². The molecule has 0 saturated carbocycles. The molecule has 3 rings (SSSR count). The van der Waals surface area contributed by atoms with Crippen LogP contribution in [0.4, 0.5) is 15.9 Å². The number of pyridine rings is 1. The van der Waals surface area contributed by atoms with E-state index >= 15 is 0 Å². The van der Waals surface area contributed by atoms with Gasteiger partial charge in [-0.1, -0.05) is 29.8 Å². The minimum Gasteiger partial charge on any atom is -0.339 e. The number of rotatable bonds is 5. The van der Waals surface area contributed by atoms with Gasteiger partial charge in [-0.05, 0) is 44.5 Å². The lowest BCUT2D eigenvalue weighted by molar-refractivity contribution is 0.0774. The molecule has 0 fully saturated rings. The van der Waals surface area contributed by atoms with Crippen LogP contribution < -0.4 is 5.32 Å². The second-order valence-corrected chi connectivity index (χ2v) is 6.68. The Morgan fingerprint density at radius 3 is 2.67 bits per heavy atom. The summed E-state index contributed by atoms with van der Waals surface area (Å²) >= 11 is 5.98. The maximum Gasteiger partial charge on any atom is 0.256 e. The number of halogens is 2. The fourth-order valence-corrected chi connectivity index (χ4v) is 3.32. The van der Waals surface area contributed by atoms with E-state index in [9.17, 15) is 9.18 Å². The molecule has 4 nitrogen and oxygen atoms in total. The summed E-state index contributed by atoms with van der Waals surface area (Å²) in [6, 6.07) is 10.0. The molecule has 0 aliphatic rings. The average molecular weight is 386 g/mol. The Kier molecular flexibility index (Phi) is 5.61. The third-order valence-electron chi connectivity index (χ3n) is 4.58. The molecule has 3 aromatic rings. The molecule has 1 aromatic heterocycles. The van der Waals surface area contributed by atoms with Gasteiger partial charge in [0.15, 0.2) is 0 Å². The van der Waals surface area contributed by atoms with E-state index in [4.69, 9.17) is 11.6 Å². The van der Waals surface area contributed by atoms with Crippen molar-refractivity contribution in [3.63, 3.8) is 0 Å². The SMILES string of the molecule is CCN(CC)C(=O)c1cnc(Nc2cc(Cl)ccc2F)c2cccc(C)c12. The van der Waals surface area contributed by atoms with Crippen LogP contribution in [0.2, 0.25) is 5.02 Å². The molecule has 140 valence electrons. The van der Waals surface area contributed by atoms with Gasteiger partial charge in [0.1, 0.15) is 11.6 Å². The lowest BCUT2D eigenvalue weighted by Gasteiger charge is -2.21. The zero-order chi connectivity index (χ0) is 19.6. The standard InChI is InChI=1S/C21H21ClFN3O/c1-4-26(5-2)21(27)16-12-24-20(15-8-6-7-13(3)19(15)16)25-18-11-14(22)9-10-17(18)23/h6-12H,4-5H2,1-3H3,(H,24,25). The number of benzene rings is 2. The fourth-order valence-electron chi connectivity index (χ4n) is 3.15. The highest BCUT2D eigenvalue weighted by Crippen LogP contribution is 2.31. The van der Waals surface area contributed by atoms with Crippen LogP contribution in [-0.2, 0) is 0 Å². The van der Waals surface area contributed by atoms with Crippen LogP contribution >= 0.6 is 11.6 Å². The van der Waals surface area contributed by atoms with Crippen molar-refractivity contribution < 1.29 is 9.18 Å². The number of aromatic nitrogens is 1. The van der Waals surface area contributed by atoms with Crippen LogP contribution in [0, 0.1) is 12.7 Å². The van der Waals surface area contributed by atoms with E-state index in [0.717, 1.165) is 16.3 Å². The molecular weight excluding hydrogens is 365 g/mol. The Balaban J connectivity index is 2.15. The second kappa shape index (κ2) is 7.92. The summed E-state index contributed by atoms with van der Waals surface area (Å²) in [5.74, 6) is -0.0106. The lowest BCUT2D eigenvalue weighted by atomic mass is 10.0. The molecule has 1 amide bonds. The number of hydrogen-bond acceptors (Lipinski definition) is 3. The second-order valence-electron chi connectivity index (χ2n) is 6.24. The first-order valence-corrected chi connectivity index (χ1v) is 9.23. The van der Waals surface area contributed by atoms with Crippen LogP contribution in [0.1, 0.15) is 29.8 Å². The number of carbonyl (C=O) groups excluding carboxylic acids is 1. The van der Waals surface area contributed by atoms with Crippen molar-refractivity contribution in [2.24, 2.45) is 0 Å². The molecule has 0 spiro atoms. The number of fused-ring (bicyclic) bond motifs is 1. The van der Waals surface area contributed by atoms with Gasteiger partial charge in [-0.3, -0.25) is 4.79 Å². The van der Waals surface area contributed by atoms with Gasteiger partial charge in [0, 0.05) is 35.1 Å². The molecule has 0 aliphatic heterocycles. The van der Waals surface area contributed by atoms with Crippen LogP contribution in [-0.4, -0.2) is 28.9 Å². The minimum atomic E-state index is -0.426. The van der Waals surface area contributed by atoms with Crippen LogP contribution in [0.15, 0.2) is 42.6 Å². The zero-order valence-electron chi connectivity index (χ0n) is 15.5. The number of carbonyl (C=O) groups is 1. The molecule has 0 unspecified atom stereocenters. The van der Waals surface area contributed by atoms with Gasteiger partial charge in [-0.2, -0.15) is 0 Å². The highest BCUT2D eigenvalue weighted by molar-refractivity contribution is 6.30. The van der Waals surface area contributed by atoms with Crippen molar-refractivity contribution in [1.82, 2.24) is 9.88 Å². The van der Waals surface area contributed by atoms with Crippen molar-refractivity contribution >= 4 is 39.8 Å². The Bertz CT molecular complexity index is 1000. The smallest absolute Gasteiger partial charge is 0.256 e. The minimum absolute atomic E-state index is 0.0627. The van der Waals surface area contributed by atoms with Gasteiger partial charge in [-0.25, -0.2) is 9.37 Å². The topological polar surface area (TPSA) is 45.2 Å². The molecule has 27 heavy (non-hydrogen) atoms. The third-order valence-corrected chi connectivity index (χ3v) is 4.82. The number of nitrogens with zero attached hydrogens (tertiary/aromatic N) is 2. The van der Waals surface area contributed by atoms with E-state index in [1.54, 1.807) is 11.1 Å². The third kappa shape index (κ3) is 3.74. The van der Waals surface area contributed by atoms with E-state index in [2.05, 4.69) is 10.3 Å². The summed E-state index contributed by atoms with van der Waals surface area (Å²) in [5, 5.41) is 5.01. The van der Waals surface area contributed by atoms with Crippen molar-refractivity contribution in [3.8, 4) is 0 Å². The average Bonchev–Trinajstić information content (AvgIpc) is 2.66. The van der Waals surface area contributed by atoms with Crippen molar-refractivity contribution in [3.05, 3.63) is 64.6 Å². The first-order valence-electron chi connectivity index (χ1n) is 8.85. The van der Waals surface area contributed by atoms with Gasteiger partial charge in [0.05, 0.1) is 11.3 Å². The molecule has 1 heterocycles. The summed E-state index contributed by atoms with van der Waals surface area (Å²) in [6.45, 7) is 7.08. The van der Waals surface area contributed by atoms with E-state index in [0.29, 0.717) is 29.5 Å². The van der Waals surface area contributed by atoms with E-state index in [-0.39, 0.29) is 11.6 Å². The van der Waals surface area contributed by atoms with Crippen molar-refractivity contribution in [1.29, 1.82) is 0 Å². The van der Waals surface area contributed by atoms with E-state index in [1.807, 2.05) is 39.0 Å². The Hall–Kier alpha value is -2.66. The molecule has 0 radical (unpaired) electrons. The normalized spacial score (nSPS) is 10.9. The number of nitrogens with one attached hydrogen (secondary N) is 1. The summed E-state index contributed by atoms with van der Waals surface area (Å²) in [6.07, 6.45) is 1.56. The fraction of sp³-hybridized carbons (Fsp3) is 0.238. The molecular formula is C21H21ClFN3O. The Morgan fingerprint density at radius 1 is 1.22 bits per heavy atom. The van der Waals surface area contributed by atoms with Crippen molar-refractivity contribution in [2.75, 3.05) is 18.4 Å². The maximum absolute atomic E-state index is 14.1. The van der Waals surface area contributed by atoms with Crippen LogP contribution in [0.5, 0.6) is 0 Å². The van der Waals surface area contributed by atoms with Crippen LogP contribution in [0.25, 0.3) is 10.8 Å². The molecule has 0 saturated heterocycles. The predicted molar refractivity (Wildman–Crippen MR) is 108 cm³/mol. The first-order chi connectivity index (χ1) is 13.0. The summed E-state index contributed by atoms with van der Waals surface area (Å²) < 4.78 is 14.1. The highest BCUT2D eigenvalue weighted by atomic mass is 35.5. The number of anilines is 2. The summed E-state index contributed by atoms with van der Waals surface area (Å²) in [4.78, 5) is 19.1. The number of aryl methyl sites for hydroxylation is 1. The molecule has 0 aliphatic carbocycles. The van der Waals surface area contributed by atoms with Crippen molar-refractivity contribution in [2.45, 2.75) is 20.8 Å². The van der Waals surface area contributed by atoms with Gasteiger partial charge in [0.2, 0.25) is 0 Å². The predicted octanol–water partition coefficient (Wildman–Crippen LogP) is 5.56. The molecule has 2 aromatic carbocycles. The van der Waals surface area contributed by atoms with Gasteiger partial charge >= 0.3 is 0 Å².